The van der Waals surface area contributed by atoms with Gasteiger partial charge in [-0.25, -0.2) is 4.39 Å². The number of ether oxygens (including phenoxy) is 1. The highest BCUT2D eigenvalue weighted by molar-refractivity contribution is 5.79. The van der Waals surface area contributed by atoms with E-state index in [1.165, 1.54) is 19.0 Å². The van der Waals surface area contributed by atoms with Crippen LogP contribution in [0, 0.1) is 17.7 Å². The van der Waals surface area contributed by atoms with Gasteiger partial charge in [-0.3, -0.25) is 14.6 Å². The molecule has 30 heavy (non-hydrogen) atoms. The number of piperidine rings is 2. The van der Waals surface area contributed by atoms with Crippen LogP contribution in [0.15, 0.2) is 24.3 Å². The summed E-state index contributed by atoms with van der Waals surface area (Å²) in [7, 11) is 0. The Labute approximate surface area is 180 Å². The topological polar surface area (TPSA) is 36.0 Å². The number of carbonyl (C=O) groups is 1. The van der Waals surface area contributed by atoms with E-state index < -0.39 is 0 Å². The molecule has 1 aromatic rings. The molecule has 5 nitrogen and oxygen atoms in total. The zero-order valence-corrected chi connectivity index (χ0v) is 18.1. The van der Waals surface area contributed by atoms with Gasteiger partial charge in [0, 0.05) is 39.3 Å². The Kier molecular flexibility index (Phi) is 7.74. The number of benzene rings is 1. The Balaban J connectivity index is 1.20. The second-order valence-electron chi connectivity index (χ2n) is 9.22. The first kappa shape index (κ1) is 21.7. The fourth-order valence-electron chi connectivity index (χ4n) is 5.18. The van der Waals surface area contributed by atoms with Crippen molar-refractivity contribution in [2.45, 2.75) is 38.6 Å². The number of nitrogens with zero attached hydrogens (tertiary/aromatic N) is 3. The van der Waals surface area contributed by atoms with Gasteiger partial charge >= 0.3 is 0 Å². The van der Waals surface area contributed by atoms with Gasteiger partial charge in [-0.2, -0.15) is 0 Å². The Hall–Kier alpha value is -1.50. The minimum atomic E-state index is -0.186. The van der Waals surface area contributed by atoms with E-state index in [4.69, 9.17) is 4.74 Å². The first-order valence-corrected chi connectivity index (χ1v) is 11.7. The summed E-state index contributed by atoms with van der Waals surface area (Å²) in [5.74, 6) is 0.990. The van der Waals surface area contributed by atoms with E-state index >= 15 is 0 Å². The molecule has 1 unspecified atom stereocenters. The molecule has 3 heterocycles. The molecule has 0 spiro atoms. The highest BCUT2D eigenvalue weighted by Crippen LogP contribution is 2.26. The van der Waals surface area contributed by atoms with Crippen molar-refractivity contribution in [1.29, 1.82) is 0 Å². The lowest BCUT2D eigenvalue weighted by Gasteiger charge is -2.38. The molecule has 6 heteroatoms. The second-order valence-corrected chi connectivity index (χ2v) is 9.22. The van der Waals surface area contributed by atoms with Crippen molar-refractivity contribution in [3.05, 3.63) is 35.6 Å². The average Bonchev–Trinajstić information content (AvgIpc) is 2.78. The van der Waals surface area contributed by atoms with Crippen molar-refractivity contribution in [2.24, 2.45) is 11.8 Å². The highest BCUT2D eigenvalue weighted by atomic mass is 19.1. The molecule has 1 atom stereocenters. The van der Waals surface area contributed by atoms with E-state index in [0.717, 1.165) is 96.2 Å². The largest absolute Gasteiger partial charge is 0.379 e. The summed E-state index contributed by atoms with van der Waals surface area (Å²) in [4.78, 5) is 20.1. The molecule has 166 valence electrons. The van der Waals surface area contributed by atoms with Crippen molar-refractivity contribution < 1.29 is 13.9 Å². The molecule has 3 aliphatic rings. The fourth-order valence-corrected chi connectivity index (χ4v) is 5.18. The molecule has 0 aliphatic carbocycles. The third kappa shape index (κ3) is 6.02. The van der Waals surface area contributed by atoms with E-state index in [9.17, 15) is 9.18 Å². The first-order valence-electron chi connectivity index (χ1n) is 11.7. The van der Waals surface area contributed by atoms with Crippen LogP contribution in [0.1, 0.15) is 37.7 Å². The smallest absolute Gasteiger partial charge is 0.226 e. The molecule has 1 aromatic carbocycles. The van der Waals surface area contributed by atoms with E-state index in [1.807, 2.05) is 6.07 Å². The van der Waals surface area contributed by atoms with Gasteiger partial charge in [0.25, 0.3) is 0 Å². The number of hydrogen-bond donors (Lipinski definition) is 0. The molecule has 3 saturated heterocycles. The van der Waals surface area contributed by atoms with Crippen LogP contribution in [-0.4, -0.2) is 79.6 Å². The Bertz CT molecular complexity index is 687. The molecule has 0 saturated carbocycles. The molecule has 0 bridgehead atoms. The minimum absolute atomic E-state index is 0.0946. The maximum Gasteiger partial charge on any atom is 0.226 e. The van der Waals surface area contributed by atoms with Crippen LogP contribution in [-0.2, 0) is 16.1 Å². The molecule has 3 fully saturated rings. The summed E-state index contributed by atoms with van der Waals surface area (Å²) in [5.41, 5.74) is 0.990. The summed E-state index contributed by atoms with van der Waals surface area (Å²) in [5, 5.41) is 0. The standard InChI is InChI=1S/C24H36FN3O2/c25-23-5-1-3-21(17-23)18-27-9-2-4-22(19-27)24(29)28-11-7-20(8-12-28)6-10-26-13-15-30-16-14-26/h1,3,5,17,20,22H,2,4,6-16,18-19H2. The number of likely N-dealkylation sites (tertiary alicyclic amines) is 2. The summed E-state index contributed by atoms with van der Waals surface area (Å²) >= 11 is 0. The van der Waals surface area contributed by atoms with Crippen LogP contribution in [0.4, 0.5) is 4.39 Å². The van der Waals surface area contributed by atoms with Gasteiger partial charge in [0.1, 0.15) is 5.82 Å². The number of amides is 1. The molecule has 0 N–H and O–H groups in total. The summed E-state index contributed by atoms with van der Waals surface area (Å²) in [6, 6.07) is 6.82. The van der Waals surface area contributed by atoms with Crippen LogP contribution in [0.3, 0.4) is 0 Å². The van der Waals surface area contributed by atoms with Crippen LogP contribution in [0.25, 0.3) is 0 Å². The lowest BCUT2D eigenvalue weighted by atomic mass is 9.91. The number of rotatable bonds is 6. The molecule has 3 aliphatic heterocycles. The summed E-state index contributed by atoms with van der Waals surface area (Å²) in [6.45, 7) is 9.35. The quantitative estimate of drug-likeness (QED) is 0.713. The Morgan fingerprint density at radius 1 is 1.03 bits per heavy atom. The summed E-state index contributed by atoms with van der Waals surface area (Å²) in [6.07, 6.45) is 5.54. The third-order valence-electron chi connectivity index (χ3n) is 7.03. The molecule has 0 radical (unpaired) electrons. The monoisotopic (exact) mass is 417 g/mol. The maximum absolute atomic E-state index is 13.5. The van der Waals surface area contributed by atoms with Gasteiger partial charge in [-0.15, -0.1) is 0 Å². The predicted molar refractivity (Wildman–Crippen MR) is 116 cm³/mol. The fraction of sp³-hybridized carbons (Fsp3) is 0.708. The molecular weight excluding hydrogens is 381 g/mol. The van der Waals surface area contributed by atoms with Crippen molar-refractivity contribution in [1.82, 2.24) is 14.7 Å². The molecule has 0 aromatic heterocycles. The van der Waals surface area contributed by atoms with E-state index in [1.54, 1.807) is 12.1 Å². The average molecular weight is 418 g/mol. The van der Waals surface area contributed by atoms with Gasteiger partial charge in [0.05, 0.1) is 19.1 Å². The third-order valence-corrected chi connectivity index (χ3v) is 7.03. The second kappa shape index (κ2) is 10.7. The number of halogens is 1. The van der Waals surface area contributed by atoms with Crippen LogP contribution in [0.2, 0.25) is 0 Å². The Morgan fingerprint density at radius 2 is 1.83 bits per heavy atom. The predicted octanol–water partition coefficient (Wildman–Crippen LogP) is 3.00. The minimum Gasteiger partial charge on any atom is -0.379 e. The van der Waals surface area contributed by atoms with E-state index in [2.05, 4.69) is 14.7 Å². The molecule has 1 amide bonds. The van der Waals surface area contributed by atoms with Crippen molar-refractivity contribution >= 4 is 5.91 Å². The van der Waals surface area contributed by atoms with Gasteiger partial charge in [-0.05, 0) is 68.8 Å². The van der Waals surface area contributed by atoms with Crippen molar-refractivity contribution in [2.75, 3.05) is 59.0 Å². The summed E-state index contributed by atoms with van der Waals surface area (Å²) < 4.78 is 18.9. The molecular formula is C24H36FN3O2. The zero-order valence-electron chi connectivity index (χ0n) is 18.1. The van der Waals surface area contributed by atoms with Crippen molar-refractivity contribution in [3.8, 4) is 0 Å². The first-order chi connectivity index (χ1) is 14.7. The van der Waals surface area contributed by atoms with Crippen LogP contribution in [0.5, 0.6) is 0 Å². The SMILES string of the molecule is O=C(C1CCCN(Cc2cccc(F)c2)C1)N1CCC(CCN2CCOCC2)CC1. The Morgan fingerprint density at radius 3 is 2.60 bits per heavy atom. The van der Waals surface area contributed by atoms with Gasteiger partial charge in [0.15, 0.2) is 0 Å². The highest BCUT2D eigenvalue weighted by Gasteiger charge is 2.31. The number of morpholine rings is 1. The normalized spacial score (nSPS) is 24.8. The zero-order chi connectivity index (χ0) is 20.8. The molecule has 4 rings (SSSR count). The van der Waals surface area contributed by atoms with E-state index in [-0.39, 0.29) is 11.7 Å². The van der Waals surface area contributed by atoms with Gasteiger partial charge in [-0.1, -0.05) is 12.1 Å². The lowest BCUT2D eigenvalue weighted by molar-refractivity contribution is -0.139. The van der Waals surface area contributed by atoms with Gasteiger partial charge in [0.2, 0.25) is 5.91 Å². The van der Waals surface area contributed by atoms with Crippen molar-refractivity contribution in [3.63, 3.8) is 0 Å². The maximum atomic E-state index is 13.5. The van der Waals surface area contributed by atoms with Gasteiger partial charge < -0.3 is 9.64 Å². The van der Waals surface area contributed by atoms with Crippen LogP contribution >= 0.6 is 0 Å². The van der Waals surface area contributed by atoms with E-state index in [0.29, 0.717) is 5.91 Å². The lowest BCUT2D eigenvalue weighted by Crippen LogP contribution is -2.47. The van der Waals surface area contributed by atoms with Crippen LogP contribution < -0.4 is 0 Å². The number of carbonyl (C=O) groups excluding carboxylic acids is 1. The number of hydrogen-bond acceptors (Lipinski definition) is 4.